The fourth-order valence-electron chi connectivity index (χ4n) is 2.59. The molecule has 1 heterocycles. The van der Waals surface area contributed by atoms with Crippen LogP contribution in [0.15, 0.2) is 0 Å². The number of likely N-dealkylation sites (N-methyl/N-ethyl adjacent to an activating group) is 1. The first-order valence-corrected chi connectivity index (χ1v) is 6.77. The molecule has 1 saturated heterocycles. The van der Waals surface area contributed by atoms with E-state index in [1.165, 1.54) is 0 Å². The van der Waals surface area contributed by atoms with Crippen molar-refractivity contribution in [2.45, 2.75) is 39.7 Å². The third-order valence-corrected chi connectivity index (χ3v) is 3.96. The maximum atomic E-state index is 10.9. The largest absolute Gasteiger partial charge is 0.481 e. The standard InChI is InChI=1S/C13H26N2O2/c1-4-14(5-2)8-9-15-7-6-12(13(16)17)10-11(15)3/h11-12H,4-10H2,1-3H3,(H,16,17). The first-order valence-electron chi connectivity index (χ1n) is 6.77. The normalized spacial score (nSPS) is 26.4. The number of carboxylic acids is 1. The second kappa shape index (κ2) is 6.97. The van der Waals surface area contributed by atoms with Crippen molar-refractivity contribution >= 4 is 5.97 Å². The van der Waals surface area contributed by atoms with E-state index < -0.39 is 5.97 Å². The van der Waals surface area contributed by atoms with Crippen molar-refractivity contribution in [3.8, 4) is 0 Å². The zero-order valence-electron chi connectivity index (χ0n) is 11.4. The Labute approximate surface area is 105 Å². The molecule has 0 bridgehead atoms. The molecule has 0 aromatic rings. The van der Waals surface area contributed by atoms with Gasteiger partial charge in [-0.25, -0.2) is 0 Å². The molecule has 2 atom stereocenters. The van der Waals surface area contributed by atoms with E-state index in [2.05, 4.69) is 30.6 Å². The predicted molar refractivity (Wildman–Crippen MR) is 69.2 cm³/mol. The van der Waals surface area contributed by atoms with Crippen molar-refractivity contribution < 1.29 is 9.90 Å². The third-order valence-electron chi connectivity index (χ3n) is 3.96. The highest BCUT2D eigenvalue weighted by Gasteiger charge is 2.29. The van der Waals surface area contributed by atoms with Crippen LogP contribution in [0.2, 0.25) is 0 Å². The van der Waals surface area contributed by atoms with E-state index in [1.807, 2.05) is 0 Å². The maximum Gasteiger partial charge on any atom is 0.306 e. The lowest BCUT2D eigenvalue weighted by Crippen LogP contribution is -2.45. The Hall–Kier alpha value is -0.610. The van der Waals surface area contributed by atoms with Gasteiger partial charge in [0, 0.05) is 19.1 Å². The van der Waals surface area contributed by atoms with Crippen molar-refractivity contribution in [2.75, 3.05) is 32.7 Å². The molecule has 0 radical (unpaired) electrons. The summed E-state index contributed by atoms with van der Waals surface area (Å²) in [5.41, 5.74) is 0. The summed E-state index contributed by atoms with van der Waals surface area (Å²) in [6.07, 6.45) is 1.60. The molecule has 0 aliphatic carbocycles. The summed E-state index contributed by atoms with van der Waals surface area (Å²) in [4.78, 5) is 15.8. The fourth-order valence-corrected chi connectivity index (χ4v) is 2.59. The Morgan fingerprint density at radius 2 is 2.06 bits per heavy atom. The molecule has 0 aromatic carbocycles. The predicted octanol–water partition coefficient (Wildman–Crippen LogP) is 1.51. The van der Waals surface area contributed by atoms with Crippen molar-refractivity contribution in [3.05, 3.63) is 0 Å². The quantitative estimate of drug-likeness (QED) is 0.767. The number of aliphatic carboxylic acids is 1. The minimum atomic E-state index is -0.625. The van der Waals surface area contributed by atoms with Gasteiger partial charge < -0.3 is 10.0 Å². The van der Waals surface area contributed by atoms with Crippen molar-refractivity contribution in [1.82, 2.24) is 9.80 Å². The molecule has 1 rings (SSSR count). The van der Waals surface area contributed by atoms with E-state index in [4.69, 9.17) is 5.11 Å². The Balaban J connectivity index is 2.34. The van der Waals surface area contributed by atoms with Crippen LogP contribution in [0.4, 0.5) is 0 Å². The molecule has 0 aromatic heterocycles. The Kier molecular flexibility index (Phi) is 5.92. The highest BCUT2D eigenvalue weighted by atomic mass is 16.4. The summed E-state index contributed by atoms with van der Waals surface area (Å²) >= 11 is 0. The topological polar surface area (TPSA) is 43.8 Å². The summed E-state index contributed by atoms with van der Waals surface area (Å²) < 4.78 is 0. The molecular weight excluding hydrogens is 216 g/mol. The minimum Gasteiger partial charge on any atom is -0.481 e. The SMILES string of the molecule is CCN(CC)CCN1CCC(C(=O)O)CC1C. The van der Waals surface area contributed by atoms with E-state index in [1.54, 1.807) is 0 Å². The van der Waals surface area contributed by atoms with Gasteiger partial charge in [-0.2, -0.15) is 0 Å². The molecule has 1 fully saturated rings. The van der Waals surface area contributed by atoms with Crippen LogP contribution >= 0.6 is 0 Å². The van der Waals surface area contributed by atoms with Crippen LogP contribution in [0.3, 0.4) is 0 Å². The van der Waals surface area contributed by atoms with Crippen LogP contribution in [0, 0.1) is 5.92 Å². The van der Waals surface area contributed by atoms with Crippen molar-refractivity contribution in [3.63, 3.8) is 0 Å². The first-order chi connectivity index (χ1) is 8.08. The van der Waals surface area contributed by atoms with Gasteiger partial charge in [-0.1, -0.05) is 13.8 Å². The van der Waals surface area contributed by atoms with Crippen molar-refractivity contribution in [1.29, 1.82) is 0 Å². The average Bonchev–Trinajstić information content (AvgIpc) is 2.31. The molecule has 1 aliphatic rings. The highest BCUT2D eigenvalue weighted by molar-refractivity contribution is 5.70. The van der Waals surface area contributed by atoms with E-state index >= 15 is 0 Å². The van der Waals surface area contributed by atoms with Gasteiger partial charge in [-0.05, 0) is 39.4 Å². The minimum absolute atomic E-state index is 0.130. The van der Waals surface area contributed by atoms with Gasteiger partial charge >= 0.3 is 5.97 Å². The zero-order valence-corrected chi connectivity index (χ0v) is 11.4. The second-order valence-electron chi connectivity index (χ2n) is 4.97. The summed E-state index contributed by atoms with van der Waals surface area (Å²) in [6, 6.07) is 0.403. The summed E-state index contributed by atoms with van der Waals surface area (Å²) in [5.74, 6) is -0.755. The van der Waals surface area contributed by atoms with Gasteiger partial charge in [0.2, 0.25) is 0 Å². The zero-order chi connectivity index (χ0) is 12.8. The number of carbonyl (C=O) groups is 1. The average molecular weight is 242 g/mol. The molecular formula is C13H26N2O2. The summed E-state index contributed by atoms with van der Waals surface area (Å²) in [6.45, 7) is 11.8. The van der Waals surface area contributed by atoms with E-state index in [0.717, 1.165) is 45.6 Å². The molecule has 2 unspecified atom stereocenters. The van der Waals surface area contributed by atoms with Gasteiger partial charge in [0.15, 0.2) is 0 Å². The molecule has 0 spiro atoms. The molecule has 4 heteroatoms. The third kappa shape index (κ3) is 4.28. The number of carboxylic acid groups (broad SMARTS) is 1. The Morgan fingerprint density at radius 3 is 2.53 bits per heavy atom. The monoisotopic (exact) mass is 242 g/mol. The van der Waals surface area contributed by atoms with E-state index in [0.29, 0.717) is 6.04 Å². The summed E-state index contributed by atoms with van der Waals surface area (Å²) in [7, 11) is 0. The lowest BCUT2D eigenvalue weighted by molar-refractivity contribution is -0.144. The van der Waals surface area contributed by atoms with Crippen LogP contribution in [-0.4, -0.2) is 59.6 Å². The molecule has 100 valence electrons. The number of hydrogen-bond acceptors (Lipinski definition) is 3. The van der Waals surface area contributed by atoms with E-state index in [9.17, 15) is 4.79 Å². The van der Waals surface area contributed by atoms with Crippen LogP contribution in [0.5, 0.6) is 0 Å². The molecule has 4 nitrogen and oxygen atoms in total. The molecule has 0 amide bonds. The molecule has 1 aliphatic heterocycles. The van der Waals surface area contributed by atoms with Gasteiger partial charge in [-0.15, -0.1) is 0 Å². The first kappa shape index (κ1) is 14.5. The lowest BCUT2D eigenvalue weighted by atomic mass is 9.92. The number of hydrogen-bond donors (Lipinski definition) is 1. The number of piperidine rings is 1. The van der Waals surface area contributed by atoms with Crippen molar-refractivity contribution in [2.24, 2.45) is 5.92 Å². The molecule has 0 saturated carbocycles. The van der Waals surface area contributed by atoms with Crippen LogP contribution in [0.1, 0.15) is 33.6 Å². The number of rotatable bonds is 6. The maximum absolute atomic E-state index is 10.9. The van der Waals surface area contributed by atoms with Gasteiger partial charge in [-0.3, -0.25) is 9.69 Å². The number of likely N-dealkylation sites (tertiary alicyclic amines) is 1. The van der Waals surface area contributed by atoms with E-state index in [-0.39, 0.29) is 5.92 Å². The Morgan fingerprint density at radius 1 is 1.41 bits per heavy atom. The van der Waals surface area contributed by atoms with Gasteiger partial charge in [0.05, 0.1) is 5.92 Å². The smallest absolute Gasteiger partial charge is 0.306 e. The Bertz CT molecular complexity index is 242. The molecule has 1 N–H and O–H groups in total. The fraction of sp³-hybridized carbons (Fsp3) is 0.923. The van der Waals surface area contributed by atoms with Crippen LogP contribution in [0.25, 0.3) is 0 Å². The van der Waals surface area contributed by atoms with Gasteiger partial charge in [0.25, 0.3) is 0 Å². The highest BCUT2D eigenvalue weighted by Crippen LogP contribution is 2.22. The van der Waals surface area contributed by atoms with Crippen LogP contribution in [-0.2, 0) is 4.79 Å². The van der Waals surface area contributed by atoms with Crippen LogP contribution < -0.4 is 0 Å². The number of nitrogens with zero attached hydrogens (tertiary/aromatic N) is 2. The lowest BCUT2D eigenvalue weighted by Gasteiger charge is -2.37. The molecule has 17 heavy (non-hydrogen) atoms. The summed E-state index contributed by atoms with van der Waals surface area (Å²) in [5, 5.41) is 9.01. The second-order valence-corrected chi connectivity index (χ2v) is 4.97. The van der Waals surface area contributed by atoms with Gasteiger partial charge in [0.1, 0.15) is 0 Å².